The zero-order valence-corrected chi connectivity index (χ0v) is 14.9. The number of carbonyl (C=O) groups excluding carboxylic acids is 2. The Kier molecular flexibility index (Phi) is 5.73. The molecule has 2 N–H and O–H groups in total. The van der Waals surface area contributed by atoms with E-state index in [-0.39, 0.29) is 11.3 Å². The van der Waals surface area contributed by atoms with Crippen LogP contribution in [0.3, 0.4) is 0 Å². The summed E-state index contributed by atoms with van der Waals surface area (Å²) in [5.41, 5.74) is -0.152. The summed E-state index contributed by atoms with van der Waals surface area (Å²) in [7, 11) is 0. The van der Waals surface area contributed by atoms with Crippen LogP contribution in [0.1, 0.15) is 29.2 Å². The second kappa shape index (κ2) is 7.65. The van der Waals surface area contributed by atoms with E-state index in [9.17, 15) is 27.9 Å². The number of aromatic hydroxyl groups is 1. The van der Waals surface area contributed by atoms with Gasteiger partial charge < -0.3 is 10.4 Å². The number of anilines is 1. The van der Waals surface area contributed by atoms with Gasteiger partial charge in [-0.1, -0.05) is 12.1 Å². The lowest BCUT2D eigenvalue weighted by atomic mass is 10.0. The quantitative estimate of drug-likeness (QED) is 0.463. The van der Waals surface area contributed by atoms with Crippen molar-refractivity contribution < 1.29 is 27.9 Å². The number of aryl methyl sites for hydroxylation is 2. The SMILES string of the molecule is CC(=O)/C(=C\c1cc(C)c(O)c(C)c1)C(=O)Nc1ccccc1C(F)(F)F. The van der Waals surface area contributed by atoms with Crippen LogP contribution in [0.4, 0.5) is 18.9 Å². The summed E-state index contributed by atoms with van der Waals surface area (Å²) in [5.74, 6) is -1.44. The minimum absolute atomic E-state index is 0.0973. The molecule has 142 valence electrons. The van der Waals surface area contributed by atoms with Crippen molar-refractivity contribution in [2.24, 2.45) is 0 Å². The molecule has 27 heavy (non-hydrogen) atoms. The molecule has 0 saturated heterocycles. The predicted molar refractivity (Wildman–Crippen MR) is 96.3 cm³/mol. The van der Waals surface area contributed by atoms with E-state index < -0.39 is 29.1 Å². The Labute approximate surface area is 154 Å². The molecule has 2 aromatic carbocycles. The molecule has 4 nitrogen and oxygen atoms in total. The van der Waals surface area contributed by atoms with Gasteiger partial charge in [0.25, 0.3) is 5.91 Å². The molecule has 0 saturated carbocycles. The number of rotatable bonds is 4. The van der Waals surface area contributed by atoms with Gasteiger partial charge in [0.15, 0.2) is 5.78 Å². The maximum absolute atomic E-state index is 13.1. The second-order valence-corrected chi connectivity index (χ2v) is 6.11. The normalized spacial score (nSPS) is 12.0. The largest absolute Gasteiger partial charge is 0.507 e. The van der Waals surface area contributed by atoms with Crippen molar-refractivity contribution in [3.05, 3.63) is 64.2 Å². The summed E-state index contributed by atoms with van der Waals surface area (Å²) >= 11 is 0. The molecule has 2 aromatic rings. The molecule has 0 heterocycles. The van der Waals surface area contributed by atoms with Crippen molar-refractivity contribution in [1.29, 1.82) is 0 Å². The smallest absolute Gasteiger partial charge is 0.418 e. The average molecular weight is 377 g/mol. The third kappa shape index (κ3) is 4.75. The first kappa shape index (κ1) is 20.2. The van der Waals surface area contributed by atoms with Gasteiger partial charge in [0.1, 0.15) is 5.75 Å². The lowest BCUT2D eigenvalue weighted by Crippen LogP contribution is -2.21. The molecule has 0 unspecified atom stereocenters. The highest BCUT2D eigenvalue weighted by molar-refractivity contribution is 6.25. The molecule has 0 aliphatic heterocycles. The number of amides is 1. The number of halogens is 3. The number of nitrogens with one attached hydrogen (secondary N) is 1. The second-order valence-electron chi connectivity index (χ2n) is 6.11. The van der Waals surface area contributed by atoms with Crippen molar-refractivity contribution in [3.63, 3.8) is 0 Å². The Morgan fingerprint density at radius 2 is 1.63 bits per heavy atom. The number of ketones is 1. The van der Waals surface area contributed by atoms with Crippen LogP contribution in [0.25, 0.3) is 6.08 Å². The van der Waals surface area contributed by atoms with Crippen LogP contribution in [-0.2, 0) is 15.8 Å². The number of para-hydroxylation sites is 1. The summed E-state index contributed by atoms with van der Waals surface area (Å²) < 4.78 is 39.2. The van der Waals surface area contributed by atoms with Crippen LogP contribution < -0.4 is 5.32 Å². The number of Topliss-reactive ketones (excluding diaryl/α,β-unsaturated/α-hetero) is 1. The minimum Gasteiger partial charge on any atom is -0.507 e. The number of alkyl halides is 3. The third-order valence-electron chi connectivity index (χ3n) is 3.93. The van der Waals surface area contributed by atoms with Crippen molar-refractivity contribution in [2.75, 3.05) is 5.32 Å². The van der Waals surface area contributed by atoms with Crippen LogP contribution >= 0.6 is 0 Å². The van der Waals surface area contributed by atoms with Crippen molar-refractivity contribution >= 4 is 23.5 Å². The number of benzene rings is 2. The molecule has 2 rings (SSSR count). The number of hydrogen-bond donors (Lipinski definition) is 2. The lowest BCUT2D eigenvalue weighted by Gasteiger charge is -2.14. The van der Waals surface area contributed by atoms with E-state index in [1.165, 1.54) is 18.2 Å². The number of phenols is 1. The Hall–Kier alpha value is -3.09. The van der Waals surface area contributed by atoms with Gasteiger partial charge in [0.05, 0.1) is 16.8 Å². The first-order chi connectivity index (χ1) is 12.5. The fourth-order valence-corrected chi connectivity index (χ4v) is 2.60. The fourth-order valence-electron chi connectivity index (χ4n) is 2.60. The van der Waals surface area contributed by atoms with Crippen LogP contribution in [0.2, 0.25) is 0 Å². The number of carbonyl (C=O) groups is 2. The molecule has 0 aliphatic carbocycles. The molecule has 0 spiro atoms. The maximum atomic E-state index is 13.1. The van der Waals surface area contributed by atoms with E-state index in [0.29, 0.717) is 16.7 Å². The first-order valence-corrected chi connectivity index (χ1v) is 8.01. The van der Waals surface area contributed by atoms with Gasteiger partial charge in [0, 0.05) is 0 Å². The summed E-state index contributed by atoms with van der Waals surface area (Å²) in [6, 6.07) is 7.67. The molecule has 0 radical (unpaired) electrons. The van der Waals surface area contributed by atoms with Gasteiger partial charge >= 0.3 is 6.18 Å². The molecular formula is C20H18F3NO3. The van der Waals surface area contributed by atoms with E-state index in [1.54, 1.807) is 26.0 Å². The molecule has 1 amide bonds. The highest BCUT2D eigenvalue weighted by atomic mass is 19.4. The van der Waals surface area contributed by atoms with Gasteiger partial charge in [-0.15, -0.1) is 0 Å². The summed E-state index contributed by atoms with van der Waals surface area (Å²) in [5, 5.41) is 12.0. The van der Waals surface area contributed by atoms with Crippen LogP contribution in [-0.4, -0.2) is 16.8 Å². The molecule has 0 fully saturated rings. The fraction of sp³-hybridized carbons (Fsp3) is 0.200. The zero-order valence-electron chi connectivity index (χ0n) is 14.9. The summed E-state index contributed by atoms with van der Waals surface area (Å²) in [4.78, 5) is 24.4. The molecule has 7 heteroatoms. The predicted octanol–water partition coefficient (Wildman–Crippen LogP) is 4.64. The van der Waals surface area contributed by atoms with Crippen molar-refractivity contribution in [3.8, 4) is 5.75 Å². The van der Waals surface area contributed by atoms with Gasteiger partial charge in [-0.3, -0.25) is 9.59 Å². The Bertz CT molecular complexity index is 907. The van der Waals surface area contributed by atoms with Crippen LogP contribution in [0.5, 0.6) is 5.75 Å². The standard InChI is InChI=1S/C20H18F3NO3/c1-11-8-14(9-12(2)18(11)26)10-15(13(3)25)19(27)24-17-7-5-4-6-16(17)20(21,22)23/h4-10,26H,1-3H3,(H,24,27)/b15-10+. The van der Waals surface area contributed by atoms with E-state index in [0.717, 1.165) is 19.1 Å². The van der Waals surface area contributed by atoms with Gasteiger partial charge in [-0.25, -0.2) is 0 Å². The first-order valence-electron chi connectivity index (χ1n) is 8.01. The summed E-state index contributed by atoms with van der Waals surface area (Å²) in [6.07, 6.45) is -3.36. The molecule has 0 atom stereocenters. The molecule has 0 aromatic heterocycles. The zero-order chi connectivity index (χ0) is 20.4. The molecule has 0 bridgehead atoms. The Morgan fingerprint density at radius 3 is 2.15 bits per heavy atom. The highest BCUT2D eigenvalue weighted by Gasteiger charge is 2.33. The van der Waals surface area contributed by atoms with Crippen LogP contribution in [0, 0.1) is 13.8 Å². The van der Waals surface area contributed by atoms with Gasteiger partial charge in [-0.05, 0) is 67.8 Å². The molecular weight excluding hydrogens is 359 g/mol. The number of hydrogen-bond acceptors (Lipinski definition) is 3. The van der Waals surface area contributed by atoms with E-state index in [1.807, 2.05) is 0 Å². The third-order valence-corrected chi connectivity index (χ3v) is 3.93. The van der Waals surface area contributed by atoms with Crippen molar-refractivity contribution in [1.82, 2.24) is 0 Å². The molecule has 0 aliphatic rings. The Balaban J connectivity index is 2.42. The number of phenolic OH excluding ortho intramolecular Hbond substituents is 1. The minimum atomic E-state index is -4.64. The lowest BCUT2D eigenvalue weighted by molar-refractivity contribution is -0.137. The van der Waals surface area contributed by atoms with E-state index in [4.69, 9.17) is 0 Å². The van der Waals surface area contributed by atoms with Crippen LogP contribution in [0.15, 0.2) is 42.0 Å². The highest BCUT2D eigenvalue weighted by Crippen LogP contribution is 2.34. The van der Waals surface area contributed by atoms with E-state index in [2.05, 4.69) is 5.32 Å². The average Bonchev–Trinajstić information content (AvgIpc) is 2.56. The Morgan fingerprint density at radius 1 is 1.07 bits per heavy atom. The topological polar surface area (TPSA) is 66.4 Å². The van der Waals surface area contributed by atoms with Gasteiger partial charge in [0.2, 0.25) is 0 Å². The monoisotopic (exact) mass is 377 g/mol. The van der Waals surface area contributed by atoms with Gasteiger partial charge in [-0.2, -0.15) is 13.2 Å². The maximum Gasteiger partial charge on any atom is 0.418 e. The van der Waals surface area contributed by atoms with Crippen molar-refractivity contribution in [2.45, 2.75) is 26.9 Å². The summed E-state index contributed by atoms with van der Waals surface area (Å²) in [6.45, 7) is 4.47. The van der Waals surface area contributed by atoms with E-state index >= 15 is 0 Å².